The van der Waals surface area contributed by atoms with E-state index < -0.39 is 5.97 Å². The van der Waals surface area contributed by atoms with Crippen LogP contribution in [0.25, 0.3) is 0 Å². The van der Waals surface area contributed by atoms with Crippen molar-refractivity contribution < 1.29 is 9.90 Å². The summed E-state index contributed by atoms with van der Waals surface area (Å²) in [6.45, 7) is 0.908. The minimum Gasteiger partial charge on any atom is -0.481 e. The van der Waals surface area contributed by atoms with Crippen LogP contribution in [0.2, 0.25) is 0 Å². The molecule has 0 atom stereocenters. The molecular formula is C16H21NO2. The third kappa shape index (κ3) is 3.57. The fraction of sp³-hybridized carbons (Fsp3) is 0.562. The zero-order valence-corrected chi connectivity index (χ0v) is 11.1. The molecule has 2 fully saturated rings. The minimum absolute atomic E-state index is 0.112. The summed E-state index contributed by atoms with van der Waals surface area (Å²) < 4.78 is 0. The Bertz CT molecular complexity index is 434. The highest BCUT2D eigenvalue weighted by molar-refractivity contribution is 5.70. The maximum Gasteiger partial charge on any atom is 0.307 e. The first kappa shape index (κ1) is 12.7. The van der Waals surface area contributed by atoms with Crippen LogP contribution >= 0.6 is 0 Å². The number of rotatable bonds is 7. The third-order valence-electron chi connectivity index (χ3n) is 4.18. The van der Waals surface area contributed by atoms with Crippen LogP contribution in [0.1, 0.15) is 36.8 Å². The fourth-order valence-corrected chi connectivity index (χ4v) is 2.81. The van der Waals surface area contributed by atoms with Crippen molar-refractivity contribution in [3.8, 4) is 0 Å². The second-order valence-electron chi connectivity index (χ2n) is 5.97. The van der Waals surface area contributed by atoms with E-state index in [2.05, 4.69) is 5.32 Å². The van der Waals surface area contributed by atoms with E-state index in [-0.39, 0.29) is 6.42 Å². The van der Waals surface area contributed by atoms with E-state index >= 15 is 0 Å². The van der Waals surface area contributed by atoms with E-state index in [9.17, 15) is 4.79 Å². The SMILES string of the molecule is O=C(O)Cc1ccc(CNC(C2CC2)C2CC2)cc1. The van der Waals surface area contributed by atoms with Crippen LogP contribution in [-0.4, -0.2) is 17.1 Å². The molecule has 1 aromatic carbocycles. The van der Waals surface area contributed by atoms with Gasteiger partial charge in [-0.25, -0.2) is 0 Å². The van der Waals surface area contributed by atoms with Gasteiger partial charge in [-0.05, 0) is 48.6 Å². The van der Waals surface area contributed by atoms with Gasteiger partial charge in [0.2, 0.25) is 0 Å². The topological polar surface area (TPSA) is 49.3 Å². The molecular weight excluding hydrogens is 238 g/mol. The van der Waals surface area contributed by atoms with E-state index in [1.54, 1.807) is 0 Å². The van der Waals surface area contributed by atoms with Crippen LogP contribution in [0.15, 0.2) is 24.3 Å². The molecule has 0 amide bonds. The van der Waals surface area contributed by atoms with Crippen molar-refractivity contribution in [2.75, 3.05) is 0 Å². The van der Waals surface area contributed by atoms with Crippen LogP contribution in [0, 0.1) is 11.8 Å². The second-order valence-corrected chi connectivity index (χ2v) is 5.97. The zero-order chi connectivity index (χ0) is 13.2. The minimum atomic E-state index is -0.770. The largest absolute Gasteiger partial charge is 0.481 e. The number of carboxylic acid groups (broad SMARTS) is 1. The van der Waals surface area contributed by atoms with Gasteiger partial charge in [-0.15, -0.1) is 0 Å². The van der Waals surface area contributed by atoms with Gasteiger partial charge in [0, 0.05) is 12.6 Å². The Balaban J connectivity index is 1.52. The van der Waals surface area contributed by atoms with Crippen molar-refractivity contribution in [1.29, 1.82) is 0 Å². The van der Waals surface area contributed by atoms with E-state index in [0.29, 0.717) is 0 Å². The summed E-state index contributed by atoms with van der Waals surface area (Å²) in [5.74, 6) is 1.06. The molecule has 2 saturated carbocycles. The first-order valence-electron chi connectivity index (χ1n) is 7.25. The quantitative estimate of drug-likeness (QED) is 0.791. The number of hydrogen-bond donors (Lipinski definition) is 2. The molecule has 19 heavy (non-hydrogen) atoms. The van der Waals surface area contributed by atoms with E-state index in [4.69, 9.17) is 5.11 Å². The predicted molar refractivity (Wildman–Crippen MR) is 73.9 cm³/mol. The molecule has 3 nitrogen and oxygen atoms in total. The molecule has 2 aliphatic carbocycles. The molecule has 2 aliphatic rings. The van der Waals surface area contributed by atoms with Gasteiger partial charge >= 0.3 is 5.97 Å². The van der Waals surface area contributed by atoms with Crippen LogP contribution in [0.3, 0.4) is 0 Å². The lowest BCUT2D eigenvalue weighted by molar-refractivity contribution is -0.136. The average molecular weight is 259 g/mol. The normalized spacial score (nSPS) is 18.8. The van der Waals surface area contributed by atoms with Crippen molar-refractivity contribution in [3.63, 3.8) is 0 Å². The number of benzene rings is 1. The van der Waals surface area contributed by atoms with E-state index in [1.165, 1.54) is 31.2 Å². The summed E-state index contributed by atoms with van der Waals surface area (Å²) in [5.41, 5.74) is 2.12. The Hall–Kier alpha value is -1.35. The first-order valence-corrected chi connectivity index (χ1v) is 7.25. The number of carbonyl (C=O) groups is 1. The van der Waals surface area contributed by atoms with Gasteiger partial charge in [-0.3, -0.25) is 4.79 Å². The van der Waals surface area contributed by atoms with E-state index in [0.717, 1.165) is 30.0 Å². The summed E-state index contributed by atoms with van der Waals surface area (Å²) in [4.78, 5) is 10.6. The number of carboxylic acids is 1. The van der Waals surface area contributed by atoms with Crippen molar-refractivity contribution in [2.24, 2.45) is 11.8 Å². The molecule has 102 valence electrons. The van der Waals surface area contributed by atoms with Crippen molar-refractivity contribution in [3.05, 3.63) is 35.4 Å². The number of aliphatic carboxylic acids is 1. The Morgan fingerprint density at radius 1 is 1.11 bits per heavy atom. The third-order valence-corrected chi connectivity index (χ3v) is 4.18. The summed E-state index contributed by atoms with van der Waals surface area (Å²) >= 11 is 0. The molecule has 0 aliphatic heterocycles. The Morgan fingerprint density at radius 3 is 2.11 bits per heavy atom. The van der Waals surface area contributed by atoms with Crippen molar-refractivity contribution in [1.82, 2.24) is 5.32 Å². The molecule has 0 bridgehead atoms. The fourth-order valence-electron chi connectivity index (χ4n) is 2.81. The van der Waals surface area contributed by atoms with Crippen LogP contribution < -0.4 is 5.32 Å². The second kappa shape index (κ2) is 5.33. The molecule has 3 heteroatoms. The summed E-state index contributed by atoms with van der Waals surface area (Å²) in [7, 11) is 0. The smallest absolute Gasteiger partial charge is 0.307 e. The van der Waals surface area contributed by atoms with Crippen LogP contribution in [-0.2, 0) is 17.8 Å². The van der Waals surface area contributed by atoms with Gasteiger partial charge in [0.05, 0.1) is 6.42 Å². The standard InChI is InChI=1S/C16H21NO2/c18-15(19)9-11-1-3-12(4-2-11)10-17-16(13-5-6-13)14-7-8-14/h1-4,13-14,16-17H,5-10H2,(H,18,19). The molecule has 1 aromatic rings. The van der Waals surface area contributed by atoms with E-state index in [1.807, 2.05) is 24.3 Å². The zero-order valence-electron chi connectivity index (χ0n) is 11.1. The maximum atomic E-state index is 10.6. The molecule has 0 spiro atoms. The molecule has 0 aromatic heterocycles. The lowest BCUT2D eigenvalue weighted by Crippen LogP contribution is -2.32. The molecule has 0 saturated heterocycles. The highest BCUT2D eigenvalue weighted by atomic mass is 16.4. The van der Waals surface area contributed by atoms with Gasteiger partial charge in [0.15, 0.2) is 0 Å². The van der Waals surface area contributed by atoms with Crippen molar-refractivity contribution in [2.45, 2.75) is 44.7 Å². The van der Waals surface area contributed by atoms with Gasteiger partial charge in [-0.2, -0.15) is 0 Å². The van der Waals surface area contributed by atoms with Crippen LogP contribution in [0.5, 0.6) is 0 Å². The Kier molecular flexibility index (Phi) is 3.56. The van der Waals surface area contributed by atoms with Crippen molar-refractivity contribution >= 4 is 5.97 Å². The predicted octanol–water partition coefficient (Wildman–Crippen LogP) is 2.59. The monoisotopic (exact) mass is 259 g/mol. The molecule has 0 heterocycles. The number of nitrogens with one attached hydrogen (secondary N) is 1. The highest BCUT2D eigenvalue weighted by Gasteiger charge is 2.40. The molecule has 2 N–H and O–H groups in total. The summed E-state index contributed by atoms with van der Waals surface area (Å²) in [6.07, 6.45) is 5.69. The summed E-state index contributed by atoms with van der Waals surface area (Å²) in [5, 5.41) is 12.4. The van der Waals surface area contributed by atoms with Gasteiger partial charge in [0.25, 0.3) is 0 Å². The molecule has 0 radical (unpaired) electrons. The highest BCUT2D eigenvalue weighted by Crippen LogP contribution is 2.44. The lowest BCUT2D eigenvalue weighted by atomic mass is 10.1. The average Bonchev–Trinajstić information content (AvgIpc) is 3.25. The van der Waals surface area contributed by atoms with Gasteiger partial charge in [0.1, 0.15) is 0 Å². The number of hydrogen-bond acceptors (Lipinski definition) is 2. The van der Waals surface area contributed by atoms with Gasteiger partial charge in [-0.1, -0.05) is 24.3 Å². The Labute approximate surface area is 114 Å². The molecule has 0 unspecified atom stereocenters. The lowest BCUT2D eigenvalue weighted by Gasteiger charge is -2.17. The Morgan fingerprint density at radius 2 is 1.63 bits per heavy atom. The maximum absolute atomic E-state index is 10.6. The van der Waals surface area contributed by atoms with Crippen LogP contribution in [0.4, 0.5) is 0 Å². The first-order chi connectivity index (χ1) is 9.22. The molecule has 3 rings (SSSR count). The van der Waals surface area contributed by atoms with Gasteiger partial charge < -0.3 is 10.4 Å². The summed E-state index contributed by atoms with van der Waals surface area (Å²) in [6, 6.07) is 8.66.